The standard InChI is InChI=1S/C20H27FN2/c21-20-11-9-19(10-12-20)13-15-23-17-16-22-14-5-4-8-18-6-2-1-3-7-18/h1-3,6-7,9-12,22-23H,4-5,8,13-17H2. The van der Waals surface area contributed by atoms with Crippen LogP contribution in [-0.4, -0.2) is 26.2 Å². The normalized spacial score (nSPS) is 10.8. The van der Waals surface area contributed by atoms with Gasteiger partial charge in [-0.05, 0) is 62.0 Å². The molecule has 2 aromatic carbocycles. The Morgan fingerprint density at radius 1 is 0.609 bits per heavy atom. The molecule has 0 fully saturated rings. The molecule has 0 amide bonds. The third-order valence-corrected chi connectivity index (χ3v) is 3.89. The number of unbranched alkanes of at least 4 members (excludes halogenated alkanes) is 1. The van der Waals surface area contributed by atoms with E-state index in [1.54, 1.807) is 0 Å². The van der Waals surface area contributed by atoms with E-state index < -0.39 is 0 Å². The van der Waals surface area contributed by atoms with Gasteiger partial charge in [0.15, 0.2) is 0 Å². The van der Waals surface area contributed by atoms with Crippen molar-refractivity contribution in [3.63, 3.8) is 0 Å². The lowest BCUT2D eigenvalue weighted by atomic mass is 10.1. The minimum atomic E-state index is -0.168. The molecule has 0 aromatic heterocycles. The molecule has 0 bridgehead atoms. The van der Waals surface area contributed by atoms with E-state index in [4.69, 9.17) is 0 Å². The zero-order valence-corrected chi connectivity index (χ0v) is 13.7. The first kappa shape index (κ1) is 17.6. The van der Waals surface area contributed by atoms with Crippen molar-refractivity contribution in [1.29, 1.82) is 0 Å². The fourth-order valence-corrected chi connectivity index (χ4v) is 2.53. The predicted molar refractivity (Wildman–Crippen MR) is 95.2 cm³/mol. The number of hydrogen-bond acceptors (Lipinski definition) is 2. The number of hydrogen-bond donors (Lipinski definition) is 2. The van der Waals surface area contributed by atoms with Gasteiger partial charge in [0.05, 0.1) is 0 Å². The molecule has 0 saturated heterocycles. The van der Waals surface area contributed by atoms with E-state index in [9.17, 15) is 4.39 Å². The van der Waals surface area contributed by atoms with Crippen LogP contribution in [0.5, 0.6) is 0 Å². The number of aryl methyl sites for hydroxylation is 1. The average molecular weight is 314 g/mol. The smallest absolute Gasteiger partial charge is 0.123 e. The quantitative estimate of drug-likeness (QED) is 0.620. The van der Waals surface area contributed by atoms with Crippen molar-refractivity contribution in [1.82, 2.24) is 10.6 Å². The monoisotopic (exact) mass is 314 g/mol. The summed E-state index contributed by atoms with van der Waals surface area (Å²) < 4.78 is 12.8. The van der Waals surface area contributed by atoms with Gasteiger partial charge in [-0.3, -0.25) is 0 Å². The maximum absolute atomic E-state index is 12.8. The summed E-state index contributed by atoms with van der Waals surface area (Å²) in [6, 6.07) is 17.4. The molecular formula is C20H27FN2. The van der Waals surface area contributed by atoms with Crippen molar-refractivity contribution in [2.45, 2.75) is 25.7 Å². The summed E-state index contributed by atoms with van der Waals surface area (Å²) in [5, 5.41) is 6.87. The zero-order chi connectivity index (χ0) is 16.2. The van der Waals surface area contributed by atoms with Gasteiger partial charge < -0.3 is 10.6 Å². The molecule has 0 aliphatic heterocycles. The highest BCUT2D eigenvalue weighted by Gasteiger charge is 1.95. The molecule has 0 spiro atoms. The number of halogens is 1. The van der Waals surface area contributed by atoms with Gasteiger partial charge in [0.1, 0.15) is 5.82 Å². The molecular weight excluding hydrogens is 287 g/mol. The van der Waals surface area contributed by atoms with Gasteiger partial charge >= 0.3 is 0 Å². The Morgan fingerprint density at radius 3 is 2.00 bits per heavy atom. The first-order valence-corrected chi connectivity index (χ1v) is 8.54. The van der Waals surface area contributed by atoms with Crippen molar-refractivity contribution >= 4 is 0 Å². The molecule has 0 atom stereocenters. The number of benzene rings is 2. The lowest BCUT2D eigenvalue weighted by molar-refractivity contribution is 0.585. The minimum Gasteiger partial charge on any atom is -0.315 e. The van der Waals surface area contributed by atoms with Crippen LogP contribution >= 0.6 is 0 Å². The van der Waals surface area contributed by atoms with Gasteiger partial charge in [-0.25, -0.2) is 4.39 Å². The molecule has 0 saturated carbocycles. The third kappa shape index (κ3) is 7.91. The summed E-state index contributed by atoms with van der Waals surface area (Å²) in [5.41, 5.74) is 2.60. The van der Waals surface area contributed by atoms with Crippen LogP contribution in [0.3, 0.4) is 0 Å². The molecule has 0 heterocycles. The van der Waals surface area contributed by atoms with Gasteiger partial charge in [-0.15, -0.1) is 0 Å². The van der Waals surface area contributed by atoms with Crippen molar-refractivity contribution < 1.29 is 4.39 Å². The Hall–Kier alpha value is -1.71. The Balaban J connectivity index is 1.39. The summed E-state index contributed by atoms with van der Waals surface area (Å²) in [5.74, 6) is -0.168. The van der Waals surface area contributed by atoms with Crippen molar-refractivity contribution in [2.24, 2.45) is 0 Å². The molecule has 2 nitrogen and oxygen atoms in total. The second kappa shape index (κ2) is 10.9. The summed E-state index contributed by atoms with van der Waals surface area (Å²) in [6.07, 6.45) is 4.55. The first-order chi connectivity index (χ1) is 11.3. The van der Waals surface area contributed by atoms with Crippen LogP contribution in [0.1, 0.15) is 24.0 Å². The molecule has 2 aromatic rings. The highest BCUT2D eigenvalue weighted by molar-refractivity contribution is 5.16. The summed E-state index contributed by atoms with van der Waals surface area (Å²) in [6.45, 7) is 3.97. The SMILES string of the molecule is Fc1ccc(CCNCCNCCCCc2ccccc2)cc1. The van der Waals surface area contributed by atoms with Gasteiger partial charge in [0.25, 0.3) is 0 Å². The van der Waals surface area contributed by atoms with Crippen LogP contribution in [0, 0.1) is 5.82 Å². The lowest BCUT2D eigenvalue weighted by Gasteiger charge is -2.07. The molecule has 0 unspecified atom stereocenters. The second-order valence-corrected chi connectivity index (χ2v) is 5.82. The molecule has 2 N–H and O–H groups in total. The number of rotatable bonds is 11. The Labute approximate surface area is 139 Å². The molecule has 0 aliphatic carbocycles. The largest absolute Gasteiger partial charge is 0.315 e. The molecule has 2 rings (SSSR count). The highest BCUT2D eigenvalue weighted by atomic mass is 19.1. The van der Waals surface area contributed by atoms with Crippen LogP contribution in [0.25, 0.3) is 0 Å². The van der Waals surface area contributed by atoms with E-state index in [0.29, 0.717) is 0 Å². The van der Waals surface area contributed by atoms with Crippen LogP contribution in [-0.2, 0) is 12.8 Å². The Kier molecular flexibility index (Phi) is 8.38. The van der Waals surface area contributed by atoms with Crippen LogP contribution < -0.4 is 10.6 Å². The van der Waals surface area contributed by atoms with Crippen LogP contribution in [0.2, 0.25) is 0 Å². The van der Waals surface area contributed by atoms with Crippen LogP contribution in [0.15, 0.2) is 54.6 Å². The number of nitrogens with one attached hydrogen (secondary N) is 2. The average Bonchev–Trinajstić information content (AvgIpc) is 2.59. The Morgan fingerprint density at radius 2 is 1.26 bits per heavy atom. The molecule has 124 valence electrons. The molecule has 23 heavy (non-hydrogen) atoms. The fourth-order valence-electron chi connectivity index (χ4n) is 2.53. The van der Waals surface area contributed by atoms with E-state index in [2.05, 4.69) is 41.0 Å². The van der Waals surface area contributed by atoms with Gasteiger partial charge in [0.2, 0.25) is 0 Å². The summed E-state index contributed by atoms with van der Waals surface area (Å²) in [4.78, 5) is 0. The second-order valence-electron chi connectivity index (χ2n) is 5.82. The van der Waals surface area contributed by atoms with Crippen LogP contribution in [0.4, 0.5) is 4.39 Å². The van der Waals surface area contributed by atoms with Gasteiger partial charge in [-0.2, -0.15) is 0 Å². The van der Waals surface area contributed by atoms with Gasteiger partial charge in [0, 0.05) is 13.1 Å². The first-order valence-electron chi connectivity index (χ1n) is 8.54. The topological polar surface area (TPSA) is 24.1 Å². The molecule has 0 aliphatic rings. The summed E-state index contributed by atoms with van der Waals surface area (Å²) in [7, 11) is 0. The van der Waals surface area contributed by atoms with E-state index in [1.807, 2.05) is 12.1 Å². The fraction of sp³-hybridized carbons (Fsp3) is 0.400. The molecule has 0 radical (unpaired) electrons. The van der Waals surface area contributed by atoms with E-state index >= 15 is 0 Å². The van der Waals surface area contributed by atoms with Crippen molar-refractivity contribution in [3.05, 3.63) is 71.5 Å². The molecule has 3 heteroatoms. The lowest BCUT2D eigenvalue weighted by Crippen LogP contribution is -2.29. The Bertz CT molecular complexity index is 525. The summed E-state index contributed by atoms with van der Waals surface area (Å²) >= 11 is 0. The van der Waals surface area contributed by atoms with Gasteiger partial charge in [-0.1, -0.05) is 42.5 Å². The van der Waals surface area contributed by atoms with E-state index in [0.717, 1.165) is 32.6 Å². The maximum atomic E-state index is 12.8. The van der Waals surface area contributed by atoms with Crippen molar-refractivity contribution in [2.75, 3.05) is 26.2 Å². The van der Waals surface area contributed by atoms with E-state index in [1.165, 1.54) is 42.5 Å². The highest BCUT2D eigenvalue weighted by Crippen LogP contribution is 2.04. The van der Waals surface area contributed by atoms with Crippen molar-refractivity contribution in [3.8, 4) is 0 Å². The minimum absolute atomic E-state index is 0.168. The maximum Gasteiger partial charge on any atom is 0.123 e. The predicted octanol–water partition coefficient (Wildman–Crippen LogP) is 3.57. The third-order valence-electron chi connectivity index (χ3n) is 3.89. The zero-order valence-electron chi connectivity index (χ0n) is 13.7. The van der Waals surface area contributed by atoms with E-state index in [-0.39, 0.29) is 5.82 Å².